The Bertz CT molecular complexity index is 659. The maximum Gasteiger partial charge on any atom is 0.259 e. The summed E-state index contributed by atoms with van der Waals surface area (Å²) in [5.41, 5.74) is 6.43. The van der Waals surface area contributed by atoms with Gasteiger partial charge in [-0.15, -0.1) is 0 Å². The highest BCUT2D eigenvalue weighted by atomic mass is 79.9. The molecule has 21 heavy (non-hydrogen) atoms. The van der Waals surface area contributed by atoms with Gasteiger partial charge in [-0.1, -0.05) is 0 Å². The Hall–Kier alpha value is -2.28. The number of halogens is 1. The number of aromatic nitrogens is 1. The summed E-state index contributed by atoms with van der Waals surface area (Å²) in [4.78, 5) is 16.4. The van der Waals surface area contributed by atoms with Crippen LogP contribution in [0.15, 0.2) is 34.9 Å². The Labute approximate surface area is 130 Å². The second-order valence-corrected chi connectivity index (χ2v) is 5.02. The summed E-state index contributed by atoms with van der Waals surface area (Å²) < 4.78 is 11.1. The van der Waals surface area contributed by atoms with Crippen LogP contribution in [0, 0.1) is 0 Å². The van der Waals surface area contributed by atoms with Gasteiger partial charge < -0.3 is 20.5 Å². The lowest BCUT2D eigenvalue weighted by atomic mass is 10.1. The van der Waals surface area contributed by atoms with Crippen LogP contribution in [0.4, 0.5) is 11.5 Å². The maximum atomic E-state index is 12.3. The van der Waals surface area contributed by atoms with Gasteiger partial charge >= 0.3 is 0 Å². The van der Waals surface area contributed by atoms with Gasteiger partial charge in [-0.3, -0.25) is 4.79 Å². The van der Waals surface area contributed by atoms with Crippen molar-refractivity contribution in [1.29, 1.82) is 0 Å². The van der Waals surface area contributed by atoms with Crippen molar-refractivity contribution in [3.8, 4) is 11.5 Å². The molecule has 0 saturated heterocycles. The van der Waals surface area contributed by atoms with Gasteiger partial charge in [0.25, 0.3) is 5.91 Å². The van der Waals surface area contributed by atoms with E-state index >= 15 is 0 Å². The predicted octanol–water partition coefficient (Wildman–Crippen LogP) is 2.70. The van der Waals surface area contributed by atoms with Crippen molar-refractivity contribution in [3.05, 3.63) is 40.5 Å². The number of carbonyl (C=O) groups excluding carboxylic acids is 1. The third-order valence-electron chi connectivity index (χ3n) is 2.78. The molecule has 0 atom stereocenters. The Morgan fingerprint density at radius 1 is 1.29 bits per heavy atom. The molecule has 3 N–H and O–H groups in total. The van der Waals surface area contributed by atoms with E-state index in [4.69, 9.17) is 15.2 Å². The van der Waals surface area contributed by atoms with Crippen LogP contribution < -0.4 is 20.5 Å². The largest absolute Gasteiger partial charge is 0.497 e. The monoisotopic (exact) mass is 351 g/mol. The number of ether oxygens (including phenoxy) is 2. The molecule has 0 aliphatic carbocycles. The summed E-state index contributed by atoms with van der Waals surface area (Å²) in [7, 11) is 2.98. The first-order chi connectivity index (χ1) is 10.0. The molecule has 0 spiro atoms. The van der Waals surface area contributed by atoms with E-state index in [-0.39, 0.29) is 17.2 Å². The molecule has 0 aliphatic rings. The number of nitrogens with two attached hydrogens (primary N) is 1. The van der Waals surface area contributed by atoms with Crippen molar-refractivity contribution in [2.75, 3.05) is 25.3 Å². The fourth-order valence-corrected chi connectivity index (χ4v) is 1.94. The fourth-order valence-electron chi connectivity index (χ4n) is 1.71. The molecule has 0 bridgehead atoms. The van der Waals surface area contributed by atoms with Crippen molar-refractivity contribution in [2.24, 2.45) is 0 Å². The lowest BCUT2D eigenvalue weighted by Crippen LogP contribution is -2.15. The van der Waals surface area contributed by atoms with E-state index in [1.165, 1.54) is 14.2 Å². The molecule has 0 fully saturated rings. The molecule has 0 unspecified atom stereocenters. The van der Waals surface area contributed by atoms with Gasteiger partial charge in [0.15, 0.2) is 0 Å². The molecule has 1 amide bonds. The third kappa shape index (κ3) is 3.43. The van der Waals surface area contributed by atoms with Crippen LogP contribution >= 0.6 is 15.9 Å². The van der Waals surface area contributed by atoms with Crippen LogP contribution in [-0.4, -0.2) is 25.1 Å². The average molecular weight is 352 g/mol. The topological polar surface area (TPSA) is 86.5 Å². The molecule has 6 nitrogen and oxygen atoms in total. The van der Waals surface area contributed by atoms with Gasteiger partial charge in [-0.05, 0) is 34.1 Å². The van der Waals surface area contributed by atoms with Crippen LogP contribution in [0.1, 0.15) is 10.4 Å². The van der Waals surface area contributed by atoms with Crippen LogP contribution in [-0.2, 0) is 0 Å². The number of nitrogen functional groups attached to an aromatic ring is 1. The quantitative estimate of drug-likeness (QED) is 0.827. The Morgan fingerprint density at radius 3 is 2.62 bits per heavy atom. The molecule has 110 valence electrons. The number of nitrogens with zero attached hydrogens (tertiary/aromatic N) is 1. The highest BCUT2D eigenvalue weighted by Gasteiger charge is 2.16. The van der Waals surface area contributed by atoms with E-state index in [9.17, 15) is 4.79 Å². The Morgan fingerprint density at radius 2 is 2.05 bits per heavy atom. The number of methoxy groups -OCH3 is 2. The zero-order valence-electron chi connectivity index (χ0n) is 11.5. The molecule has 0 saturated carbocycles. The minimum Gasteiger partial charge on any atom is -0.497 e. The molecule has 2 aromatic rings. The first kappa shape index (κ1) is 15.1. The normalized spacial score (nSPS) is 10.0. The predicted molar refractivity (Wildman–Crippen MR) is 83.8 cm³/mol. The Balaban J connectivity index is 2.32. The summed E-state index contributed by atoms with van der Waals surface area (Å²) in [6.07, 6.45) is 1.59. The number of carbonyl (C=O) groups is 1. The average Bonchev–Trinajstić information content (AvgIpc) is 2.49. The number of rotatable bonds is 4. The van der Waals surface area contributed by atoms with Crippen LogP contribution in [0.3, 0.4) is 0 Å². The second kappa shape index (κ2) is 6.45. The second-order valence-electron chi connectivity index (χ2n) is 4.11. The smallest absolute Gasteiger partial charge is 0.259 e. The third-order valence-corrected chi connectivity index (χ3v) is 3.25. The van der Waals surface area contributed by atoms with Gasteiger partial charge in [0.2, 0.25) is 0 Å². The van der Waals surface area contributed by atoms with E-state index in [1.54, 1.807) is 30.5 Å². The zero-order valence-corrected chi connectivity index (χ0v) is 13.1. The molecular formula is C14H14BrN3O3. The summed E-state index contributed by atoms with van der Waals surface area (Å²) in [5.74, 6) is 0.891. The SMILES string of the molecule is COc1cc(OC)c(N)c(C(=O)Nc2ccc(Br)cn2)c1. The zero-order chi connectivity index (χ0) is 15.4. The minimum atomic E-state index is -0.389. The van der Waals surface area contributed by atoms with E-state index in [0.29, 0.717) is 17.3 Å². The molecular weight excluding hydrogens is 338 g/mol. The van der Waals surface area contributed by atoms with E-state index in [2.05, 4.69) is 26.2 Å². The Kier molecular flexibility index (Phi) is 4.64. The molecule has 1 aromatic carbocycles. The van der Waals surface area contributed by atoms with Gasteiger partial charge in [0, 0.05) is 16.7 Å². The maximum absolute atomic E-state index is 12.3. The number of pyridine rings is 1. The summed E-state index contributed by atoms with van der Waals surface area (Å²) >= 11 is 3.28. The summed E-state index contributed by atoms with van der Waals surface area (Å²) in [6.45, 7) is 0. The molecule has 0 aliphatic heterocycles. The van der Waals surface area contributed by atoms with Crippen LogP contribution in [0.25, 0.3) is 0 Å². The van der Waals surface area contributed by atoms with Crippen molar-refractivity contribution in [3.63, 3.8) is 0 Å². The molecule has 0 radical (unpaired) electrons. The van der Waals surface area contributed by atoms with Crippen molar-refractivity contribution in [1.82, 2.24) is 4.98 Å². The lowest BCUT2D eigenvalue weighted by molar-refractivity contribution is 0.102. The summed E-state index contributed by atoms with van der Waals surface area (Å²) in [6, 6.07) is 6.61. The first-order valence-electron chi connectivity index (χ1n) is 5.99. The minimum absolute atomic E-state index is 0.243. The highest BCUT2D eigenvalue weighted by Crippen LogP contribution is 2.31. The molecule has 1 heterocycles. The number of anilines is 2. The van der Waals surface area contributed by atoms with Crippen molar-refractivity contribution >= 4 is 33.3 Å². The van der Waals surface area contributed by atoms with Crippen LogP contribution in [0.2, 0.25) is 0 Å². The van der Waals surface area contributed by atoms with Crippen molar-refractivity contribution in [2.45, 2.75) is 0 Å². The number of hydrogen-bond donors (Lipinski definition) is 2. The fraction of sp³-hybridized carbons (Fsp3) is 0.143. The van der Waals surface area contributed by atoms with E-state index < -0.39 is 0 Å². The highest BCUT2D eigenvalue weighted by molar-refractivity contribution is 9.10. The lowest BCUT2D eigenvalue weighted by Gasteiger charge is -2.12. The number of hydrogen-bond acceptors (Lipinski definition) is 5. The number of nitrogens with one attached hydrogen (secondary N) is 1. The molecule has 1 aromatic heterocycles. The van der Waals surface area contributed by atoms with E-state index in [0.717, 1.165) is 4.47 Å². The summed E-state index contributed by atoms with van der Waals surface area (Å²) in [5, 5.41) is 2.67. The van der Waals surface area contributed by atoms with Crippen LogP contribution in [0.5, 0.6) is 11.5 Å². The van der Waals surface area contributed by atoms with Gasteiger partial charge in [-0.2, -0.15) is 0 Å². The standard InChI is InChI=1S/C14H14BrN3O3/c1-20-9-5-10(13(16)11(6-9)21-2)14(19)18-12-4-3-8(15)7-17-12/h3-7H,16H2,1-2H3,(H,17,18,19). The van der Waals surface area contributed by atoms with Gasteiger partial charge in [0.05, 0.1) is 25.5 Å². The molecule has 7 heteroatoms. The number of amides is 1. The molecule has 2 rings (SSSR count). The first-order valence-corrected chi connectivity index (χ1v) is 6.79. The van der Waals surface area contributed by atoms with Gasteiger partial charge in [-0.25, -0.2) is 4.98 Å². The number of benzene rings is 1. The van der Waals surface area contributed by atoms with E-state index in [1.807, 2.05) is 0 Å². The van der Waals surface area contributed by atoms with Crippen molar-refractivity contribution < 1.29 is 14.3 Å². The van der Waals surface area contributed by atoms with Gasteiger partial charge in [0.1, 0.15) is 17.3 Å².